The summed E-state index contributed by atoms with van der Waals surface area (Å²) in [6.07, 6.45) is 7.26. The molecular formula is C14H27NO4. The van der Waals surface area contributed by atoms with Crippen LogP contribution in [0.25, 0.3) is 0 Å². The Bertz CT molecular complexity index is 238. The van der Waals surface area contributed by atoms with E-state index in [1.807, 2.05) is 0 Å². The van der Waals surface area contributed by atoms with Crippen molar-refractivity contribution in [1.82, 2.24) is 5.23 Å². The Morgan fingerprint density at radius 3 is 1.74 bits per heavy atom. The molecule has 0 unspecified atom stereocenters. The molecule has 0 amide bonds. The van der Waals surface area contributed by atoms with Gasteiger partial charge < -0.3 is 9.68 Å². The van der Waals surface area contributed by atoms with Gasteiger partial charge in [-0.25, -0.2) is 0 Å². The molecule has 0 fully saturated rings. The normalized spacial score (nSPS) is 10.5. The fraction of sp³-hybridized carbons (Fsp3) is 0.857. The number of hydroxylamine groups is 2. The highest BCUT2D eigenvalue weighted by Crippen LogP contribution is 2.07. The molecule has 5 nitrogen and oxygen atoms in total. The van der Waals surface area contributed by atoms with E-state index >= 15 is 0 Å². The summed E-state index contributed by atoms with van der Waals surface area (Å²) in [6.45, 7) is 6.01. The minimum absolute atomic E-state index is 0.261. The molecule has 0 saturated heterocycles. The van der Waals surface area contributed by atoms with Gasteiger partial charge in [0.05, 0.1) is 6.54 Å². The molecule has 0 saturated carbocycles. The Morgan fingerprint density at radius 1 is 0.789 bits per heavy atom. The highest BCUT2D eigenvalue weighted by Gasteiger charge is 2.14. The highest BCUT2D eigenvalue weighted by atomic mass is 17.0. The van der Waals surface area contributed by atoms with Crippen molar-refractivity contribution in [3.8, 4) is 0 Å². The summed E-state index contributed by atoms with van der Waals surface area (Å²) in [6, 6.07) is 0. The third kappa shape index (κ3) is 10.5. The van der Waals surface area contributed by atoms with Gasteiger partial charge in [0.25, 0.3) is 0 Å². The zero-order valence-electron chi connectivity index (χ0n) is 12.4. The summed E-state index contributed by atoms with van der Waals surface area (Å²) in [5, 5.41) is 1.03. The van der Waals surface area contributed by atoms with E-state index in [4.69, 9.17) is 9.68 Å². The van der Waals surface area contributed by atoms with Crippen LogP contribution in [0.15, 0.2) is 0 Å². The van der Waals surface area contributed by atoms with Crippen LogP contribution in [0, 0.1) is 0 Å². The number of unbranched alkanes of at least 4 members (excludes halogenated alkanes) is 5. The molecule has 0 aromatic heterocycles. The van der Waals surface area contributed by atoms with Crippen molar-refractivity contribution in [3.05, 3.63) is 0 Å². The van der Waals surface area contributed by atoms with Crippen LogP contribution in [0.1, 0.15) is 72.1 Å². The number of hydrogen-bond donors (Lipinski definition) is 0. The third-order valence-corrected chi connectivity index (χ3v) is 2.68. The molecule has 0 N–H and O–H groups in total. The van der Waals surface area contributed by atoms with Crippen molar-refractivity contribution in [2.75, 3.05) is 6.54 Å². The van der Waals surface area contributed by atoms with Crippen molar-refractivity contribution < 1.29 is 19.3 Å². The summed E-state index contributed by atoms with van der Waals surface area (Å²) in [4.78, 5) is 32.3. The van der Waals surface area contributed by atoms with Gasteiger partial charge in [0, 0.05) is 18.1 Å². The van der Waals surface area contributed by atoms with Gasteiger partial charge in [-0.05, 0) is 6.42 Å². The van der Waals surface area contributed by atoms with Crippen molar-refractivity contribution in [1.29, 1.82) is 0 Å². The first kappa shape index (κ1) is 17.9. The third-order valence-electron chi connectivity index (χ3n) is 2.68. The van der Waals surface area contributed by atoms with Gasteiger partial charge >= 0.3 is 11.9 Å². The molecule has 19 heavy (non-hydrogen) atoms. The number of hydrogen-bond acceptors (Lipinski definition) is 5. The molecule has 0 heterocycles. The smallest absolute Gasteiger partial charge is 0.328 e. The lowest BCUT2D eigenvalue weighted by Crippen LogP contribution is -2.31. The predicted molar refractivity (Wildman–Crippen MR) is 72.8 cm³/mol. The molecule has 0 aromatic rings. The van der Waals surface area contributed by atoms with Gasteiger partial charge in [-0.1, -0.05) is 52.9 Å². The minimum atomic E-state index is -0.394. The van der Waals surface area contributed by atoms with Crippen LogP contribution >= 0.6 is 0 Å². The Labute approximate surface area is 116 Å². The second-order valence-corrected chi connectivity index (χ2v) is 4.46. The summed E-state index contributed by atoms with van der Waals surface area (Å²) in [7, 11) is 0. The maximum absolute atomic E-state index is 11.2. The van der Waals surface area contributed by atoms with E-state index in [-0.39, 0.29) is 12.8 Å². The van der Waals surface area contributed by atoms with Crippen LogP contribution in [-0.2, 0) is 19.3 Å². The van der Waals surface area contributed by atoms with E-state index < -0.39 is 11.9 Å². The molecule has 112 valence electrons. The van der Waals surface area contributed by atoms with Crippen LogP contribution in [0.4, 0.5) is 0 Å². The average molecular weight is 273 g/mol. The monoisotopic (exact) mass is 273 g/mol. The largest absolute Gasteiger partial charge is 0.333 e. The number of carbonyl (C=O) groups is 2. The lowest BCUT2D eigenvalue weighted by molar-refractivity contribution is -0.325. The summed E-state index contributed by atoms with van der Waals surface area (Å²) < 4.78 is 0. The van der Waals surface area contributed by atoms with Crippen LogP contribution in [0.5, 0.6) is 0 Å². The van der Waals surface area contributed by atoms with E-state index in [0.717, 1.165) is 24.5 Å². The molecule has 0 bridgehead atoms. The van der Waals surface area contributed by atoms with Crippen molar-refractivity contribution >= 4 is 11.9 Å². The minimum Gasteiger partial charge on any atom is -0.333 e. The lowest BCUT2D eigenvalue weighted by atomic mass is 10.1. The Morgan fingerprint density at radius 2 is 1.26 bits per heavy atom. The van der Waals surface area contributed by atoms with Crippen molar-refractivity contribution in [3.63, 3.8) is 0 Å². The topological polar surface area (TPSA) is 55.8 Å². The van der Waals surface area contributed by atoms with Crippen LogP contribution in [-0.4, -0.2) is 23.7 Å². The van der Waals surface area contributed by atoms with Gasteiger partial charge in [0.1, 0.15) is 0 Å². The first-order valence-corrected chi connectivity index (χ1v) is 7.33. The standard InChI is InChI=1S/C14H27NO4/c1-4-7-8-9-10-11-12-15(18-13(16)5-2)19-14(17)6-3/h4-12H2,1-3H3. The molecule has 0 spiro atoms. The number of nitrogens with zero attached hydrogens (tertiary/aromatic N) is 1. The molecular weight excluding hydrogens is 246 g/mol. The van der Waals surface area contributed by atoms with Gasteiger partial charge in [0.15, 0.2) is 0 Å². The molecule has 0 atom stereocenters. The van der Waals surface area contributed by atoms with Crippen LogP contribution < -0.4 is 0 Å². The number of carbonyl (C=O) groups excluding carboxylic acids is 2. The van der Waals surface area contributed by atoms with Crippen molar-refractivity contribution in [2.45, 2.75) is 72.1 Å². The molecule has 0 aliphatic rings. The first-order valence-electron chi connectivity index (χ1n) is 7.33. The quantitative estimate of drug-likeness (QED) is 0.426. The maximum Gasteiger partial charge on any atom is 0.328 e. The van der Waals surface area contributed by atoms with E-state index in [0.29, 0.717) is 6.54 Å². The highest BCUT2D eigenvalue weighted by molar-refractivity contribution is 5.69. The zero-order chi connectivity index (χ0) is 14.5. The SMILES string of the molecule is CCCCCCCCN(OC(=O)CC)OC(=O)CC. The van der Waals surface area contributed by atoms with E-state index in [2.05, 4.69) is 6.92 Å². The van der Waals surface area contributed by atoms with Gasteiger partial charge in [0.2, 0.25) is 0 Å². The van der Waals surface area contributed by atoms with Crippen LogP contribution in [0.2, 0.25) is 0 Å². The molecule has 0 aromatic carbocycles. The predicted octanol–water partition coefficient (Wildman–Crippen LogP) is 3.39. The Kier molecular flexibility index (Phi) is 11.3. The zero-order valence-corrected chi connectivity index (χ0v) is 12.4. The fourth-order valence-corrected chi connectivity index (χ4v) is 1.49. The van der Waals surface area contributed by atoms with Gasteiger partial charge in [-0.15, -0.1) is 0 Å². The second-order valence-electron chi connectivity index (χ2n) is 4.46. The van der Waals surface area contributed by atoms with Gasteiger partial charge in [-0.2, -0.15) is 0 Å². The maximum atomic E-state index is 11.2. The molecule has 0 aliphatic heterocycles. The molecule has 5 heteroatoms. The Balaban J connectivity index is 3.90. The van der Waals surface area contributed by atoms with E-state index in [1.165, 1.54) is 19.3 Å². The summed E-state index contributed by atoms with van der Waals surface area (Å²) in [5.74, 6) is -0.787. The molecule has 0 aliphatic carbocycles. The van der Waals surface area contributed by atoms with Gasteiger partial charge in [-0.3, -0.25) is 9.59 Å². The Hall–Kier alpha value is -1.10. The first-order chi connectivity index (χ1) is 9.13. The second kappa shape index (κ2) is 12.0. The average Bonchev–Trinajstić information content (AvgIpc) is 2.41. The fourth-order valence-electron chi connectivity index (χ4n) is 1.49. The number of rotatable bonds is 11. The lowest BCUT2D eigenvalue weighted by Gasteiger charge is -2.18. The molecule has 0 radical (unpaired) electrons. The van der Waals surface area contributed by atoms with Crippen molar-refractivity contribution in [2.24, 2.45) is 0 Å². The van der Waals surface area contributed by atoms with E-state index in [1.54, 1.807) is 13.8 Å². The molecule has 0 rings (SSSR count). The van der Waals surface area contributed by atoms with E-state index in [9.17, 15) is 9.59 Å². The summed E-state index contributed by atoms with van der Waals surface area (Å²) in [5.41, 5.74) is 0. The summed E-state index contributed by atoms with van der Waals surface area (Å²) >= 11 is 0. The van der Waals surface area contributed by atoms with Crippen LogP contribution in [0.3, 0.4) is 0 Å².